The van der Waals surface area contributed by atoms with Crippen molar-refractivity contribution in [1.82, 2.24) is 9.97 Å². The lowest BCUT2D eigenvalue weighted by molar-refractivity contribution is -0.179. The molecule has 1 aliphatic rings. The van der Waals surface area contributed by atoms with Crippen LogP contribution in [-0.4, -0.2) is 29.2 Å². The van der Waals surface area contributed by atoms with Crippen LogP contribution in [0.5, 0.6) is 0 Å². The van der Waals surface area contributed by atoms with Crippen molar-refractivity contribution in [3.05, 3.63) is 16.0 Å². The van der Waals surface area contributed by atoms with E-state index in [9.17, 15) is 13.2 Å². The van der Waals surface area contributed by atoms with Crippen molar-refractivity contribution in [1.29, 1.82) is 0 Å². The number of aromatic nitrogens is 2. The van der Waals surface area contributed by atoms with Gasteiger partial charge in [0.2, 0.25) is 5.28 Å². The number of alkyl halides is 3. The first-order valence-corrected chi connectivity index (χ1v) is 6.54. The van der Waals surface area contributed by atoms with Gasteiger partial charge >= 0.3 is 6.18 Å². The molecule has 0 radical (unpaired) electrons. The fourth-order valence-electron chi connectivity index (χ4n) is 1.98. The van der Waals surface area contributed by atoms with E-state index < -0.39 is 12.1 Å². The Morgan fingerprint density at radius 1 is 1.33 bits per heavy atom. The van der Waals surface area contributed by atoms with Crippen molar-refractivity contribution in [2.45, 2.75) is 19.0 Å². The van der Waals surface area contributed by atoms with Gasteiger partial charge < -0.3 is 4.90 Å². The minimum Gasteiger partial charge on any atom is -0.356 e. The summed E-state index contributed by atoms with van der Waals surface area (Å²) in [6.07, 6.45) is -2.44. The summed E-state index contributed by atoms with van der Waals surface area (Å²) in [4.78, 5) is 9.62. The molecule has 1 saturated heterocycles. The zero-order chi connectivity index (χ0) is 13.3. The number of piperidine rings is 1. The van der Waals surface area contributed by atoms with Gasteiger partial charge in [-0.05, 0) is 40.4 Å². The van der Waals surface area contributed by atoms with Gasteiger partial charge in [-0.3, -0.25) is 0 Å². The Morgan fingerprint density at radius 3 is 2.50 bits per heavy atom. The molecule has 0 unspecified atom stereocenters. The lowest BCUT2D eigenvalue weighted by Gasteiger charge is -2.33. The summed E-state index contributed by atoms with van der Waals surface area (Å²) in [7, 11) is 0. The van der Waals surface area contributed by atoms with E-state index in [0.717, 1.165) is 0 Å². The number of nitrogens with zero attached hydrogens (tertiary/aromatic N) is 3. The molecule has 8 heteroatoms. The molecule has 0 aliphatic carbocycles. The van der Waals surface area contributed by atoms with Gasteiger partial charge in [0.15, 0.2) is 0 Å². The Morgan fingerprint density at radius 2 is 1.94 bits per heavy atom. The van der Waals surface area contributed by atoms with E-state index in [-0.39, 0.29) is 18.1 Å². The minimum absolute atomic E-state index is 0.0809. The third kappa shape index (κ3) is 3.06. The SMILES string of the molecule is FC(F)(F)C1CCN(c2nc(Cl)ncc2Br)CC1. The normalized spacial score (nSPS) is 18.2. The van der Waals surface area contributed by atoms with E-state index in [1.807, 2.05) is 0 Å². The van der Waals surface area contributed by atoms with Crippen LogP contribution >= 0.6 is 27.5 Å². The van der Waals surface area contributed by atoms with E-state index in [2.05, 4.69) is 25.9 Å². The molecule has 2 heterocycles. The van der Waals surface area contributed by atoms with E-state index >= 15 is 0 Å². The van der Waals surface area contributed by atoms with Gasteiger partial charge in [-0.1, -0.05) is 0 Å². The van der Waals surface area contributed by atoms with Crippen molar-refractivity contribution in [2.75, 3.05) is 18.0 Å². The molecule has 0 N–H and O–H groups in total. The Kier molecular flexibility index (Phi) is 4.01. The van der Waals surface area contributed by atoms with Crippen LogP contribution in [0, 0.1) is 5.92 Å². The number of hydrogen-bond donors (Lipinski definition) is 0. The molecular weight excluding hydrogens is 334 g/mol. The zero-order valence-electron chi connectivity index (χ0n) is 9.21. The summed E-state index contributed by atoms with van der Waals surface area (Å²) in [6, 6.07) is 0. The maximum Gasteiger partial charge on any atom is 0.391 e. The largest absolute Gasteiger partial charge is 0.391 e. The first kappa shape index (κ1) is 13.9. The molecule has 2 rings (SSSR count). The fourth-order valence-corrected chi connectivity index (χ4v) is 2.55. The smallest absolute Gasteiger partial charge is 0.356 e. The minimum atomic E-state index is -4.10. The number of halogens is 5. The van der Waals surface area contributed by atoms with Crippen LogP contribution in [0.1, 0.15) is 12.8 Å². The summed E-state index contributed by atoms with van der Waals surface area (Å²) in [5, 5.41) is 0.0890. The lowest BCUT2D eigenvalue weighted by Crippen LogP contribution is -2.39. The Labute approximate surface area is 115 Å². The van der Waals surface area contributed by atoms with Crippen LogP contribution in [0.25, 0.3) is 0 Å². The molecule has 3 nitrogen and oxygen atoms in total. The molecule has 0 saturated carbocycles. The fraction of sp³-hybridized carbons (Fsp3) is 0.600. The van der Waals surface area contributed by atoms with Gasteiger partial charge in [-0.15, -0.1) is 0 Å². The molecule has 0 spiro atoms. The van der Waals surface area contributed by atoms with Gasteiger partial charge in [-0.2, -0.15) is 18.2 Å². The summed E-state index contributed by atoms with van der Waals surface area (Å²) in [5.74, 6) is -0.666. The number of hydrogen-bond acceptors (Lipinski definition) is 3. The van der Waals surface area contributed by atoms with Gasteiger partial charge in [0.25, 0.3) is 0 Å². The van der Waals surface area contributed by atoms with Crippen molar-refractivity contribution in [3.8, 4) is 0 Å². The lowest BCUT2D eigenvalue weighted by atomic mass is 9.96. The number of anilines is 1. The Balaban J connectivity index is 2.08. The van der Waals surface area contributed by atoms with Crippen molar-refractivity contribution >= 4 is 33.3 Å². The average molecular weight is 345 g/mol. The Bertz CT molecular complexity index is 433. The molecule has 18 heavy (non-hydrogen) atoms. The van der Waals surface area contributed by atoms with Crippen LogP contribution in [0.2, 0.25) is 5.28 Å². The van der Waals surface area contributed by atoms with Crippen LogP contribution in [0.15, 0.2) is 10.7 Å². The predicted molar refractivity (Wildman–Crippen MR) is 65.7 cm³/mol. The van der Waals surface area contributed by atoms with Crippen LogP contribution in [0.4, 0.5) is 19.0 Å². The second kappa shape index (κ2) is 5.21. The molecule has 0 atom stereocenters. The molecule has 1 aliphatic heterocycles. The molecule has 1 aromatic heterocycles. The Hall–Kier alpha value is -0.560. The third-order valence-electron chi connectivity index (χ3n) is 2.95. The van der Waals surface area contributed by atoms with Gasteiger partial charge in [-0.25, -0.2) is 4.98 Å². The van der Waals surface area contributed by atoms with Gasteiger partial charge in [0.05, 0.1) is 10.4 Å². The molecule has 0 bridgehead atoms. The van der Waals surface area contributed by atoms with Crippen molar-refractivity contribution < 1.29 is 13.2 Å². The monoisotopic (exact) mass is 343 g/mol. The second-order valence-corrected chi connectivity index (χ2v) is 5.31. The van der Waals surface area contributed by atoms with E-state index in [1.165, 1.54) is 6.20 Å². The summed E-state index contributed by atoms with van der Waals surface area (Å²) >= 11 is 8.96. The van der Waals surface area contributed by atoms with Crippen LogP contribution in [-0.2, 0) is 0 Å². The second-order valence-electron chi connectivity index (χ2n) is 4.11. The first-order valence-electron chi connectivity index (χ1n) is 5.37. The highest BCUT2D eigenvalue weighted by Crippen LogP contribution is 2.36. The quantitative estimate of drug-likeness (QED) is 0.728. The summed E-state index contributed by atoms with van der Waals surface area (Å²) in [5.41, 5.74) is 0. The third-order valence-corrected chi connectivity index (χ3v) is 3.70. The molecule has 1 aromatic rings. The van der Waals surface area contributed by atoms with E-state index in [4.69, 9.17) is 11.6 Å². The van der Waals surface area contributed by atoms with Gasteiger partial charge in [0.1, 0.15) is 5.82 Å². The van der Waals surface area contributed by atoms with Gasteiger partial charge in [0, 0.05) is 19.3 Å². The highest BCUT2D eigenvalue weighted by Gasteiger charge is 2.41. The summed E-state index contributed by atoms with van der Waals surface area (Å²) < 4.78 is 38.3. The molecular formula is C10H10BrClF3N3. The zero-order valence-corrected chi connectivity index (χ0v) is 11.6. The molecule has 0 amide bonds. The van der Waals surface area contributed by atoms with Crippen LogP contribution in [0.3, 0.4) is 0 Å². The summed E-state index contributed by atoms with van der Waals surface area (Å²) in [6.45, 7) is 0.631. The highest BCUT2D eigenvalue weighted by atomic mass is 79.9. The van der Waals surface area contributed by atoms with Crippen molar-refractivity contribution in [3.63, 3.8) is 0 Å². The molecule has 1 fully saturated rings. The average Bonchev–Trinajstić information content (AvgIpc) is 2.31. The number of rotatable bonds is 1. The van der Waals surface area contributed by atoms with Crippen molar-refractivity contribution in [2.24, 2.45) is 5.92 Å². The maximum atomic E-state index is 12.5. The standard InChI is InChI=1S/C10H10BrClF3N3/c11-7-5-16-9(12)17-8(7)18-3-1-6(2-4-18)10(13,14)15/h5-6H,1-4H2. The van der Waals surface area contributed by atoms with E-state index in [1.54, 1.807) is 4.90 Å². The maximum absolute atomic E-state index is 12.5. The topological polar surface area (TPSA) is 29.0 Å². The first-order chi connectivity index (χ1) is 8.38. The predicted octanol–water partition coefficient (Wildman–Crippen LogP) is 3.67. The van der Waals surface area contributed by atoms with E-state index in [0.29, 0.717) is 23.4 Å². The van der Waals surface area contributed by atoms with Crippen LogP contribution < -0.4 is 4.90 Å². The molecule has 0 aromatic carbocycles. The highest BCUT2D eigenvalue weighted by molar-refractivity contribution is 9.10. The molecule has 100 valence electrons.